The van der Waals surface area contributed by atoms with Crippen LogP contribution in [0.25, 0.3) is 0 Å². The van der Waals surface area contributed by atoms with Crippen molar-refractivity contribution in [3.05, 3.63) is 65.7 Å². The molecule has 0 unspecified atom stereocenters. The number of carbonyl (C=O) groups excluding carboxylic acids is 1. The molecule has 2 N–H and O–H groups in total. The summed E-state index contributed by atoms with van der Waals surface area (Å²) in [6, 6.07) is 15.2. The number of amides is 1. The lowest BCUT2D eigenvalue weighted by atomic mass is 10.0. The molecular weight excluding hydrogens is 348 g/mol. The minimum atomic E-state index is -3.73. The van der Waals surface area contributed by atoms with E-state index in [2.05, 4.69) is 10.0 Å². The van der Waals surface area contributed by atoms with Crippen LogP contribution in [0, 0.1) is 6.92 Å². The highest BCUT2D eigenvalue weighted by Crippen LogP contribution is 2.21. The number of sulfonamides is 1. The van der Waals surface area contributed by atoms with Crippen molar-refractivity contribution >= 4 is 15.9 Å². The summed E-state index contributed by atoms with van der Waals surface area (Å²) in [5.74, 6) is -0.181. The Balaban J connectivity index is 2.24. The molecule has 0 fully saturated rings. The molecule has 0 bridgehead atoms. The van der Waals surface area contributed by atoms with Gasteiger partial charge in [-0.3, -0.25) is 4.79 Å². The average Bonchev–Trinajstić information content (AvgIpc) is 2.62. The average molecular weight is 375 g/mol. The van der Waals surface area contributed by atoms with Gasteiger partial charge in [0.1, 0.15) is 0 Å². The van der Waals surface area contributed by atoms with E-state index < -0.39 is 16.1 Å². The molecule has 0 aliphatic heterocycles. The van der Waals surface area contributed by atoms with Gasteiger partial charge in [-0.05, 0) is 38.0 Å². The Morgan fingerprint density at radius 1 is 1.04 bits per heavy atom. The van der Waals surface area contributed by atoms with Gasteiger partial charge in [-0.25, -0.2) is 13.1 Å². The van der Waals surface area contributed by atoms with Crippen LogP contribution < -0.4 is 10.0 Å². The standard InChI is InChI=1S/C20H26N2O3S/c1-4-16(3)21-20(23)14-19(17-8-6-5-7-9-17)22-26(24,25)18-12-10-15(2)11-13-18/h5-13,16,19,22H,4,14H2,1-3H3,(H,21,23)/t16-,19-/m0/s1. The summed E-state index contributed by atoms with van der Waals surface area (Å²) in [4.78, 5) is 12.5. The lowest BCUT2D eigenvalue weighted by Gasteiger charge is -2.20. The summed E-state index contributed by atoms with van der Waals surface area (Å²) in [5, 5.41) is 2.89. The fourth-order valence-corrected chi connectivity index (χ4v) is 3.73. The van der Waals surface area contributed by atoms with Gasteiger partial charge in [0, 0.05) is 12.5 Å². The van der Waals surface area contributed by atoms with Gasteiger partial charge in [0.15, 0.2) is 0 Å². The molecule has 2 aromatic rings. The molecule has 0 aliphatic carbocycles. The maximum absolute atomic E-state index is 12.7. The SMILES string of the molecule is CC[C@H](C)NC(=O)C[C@H](NS(=O)(=O)c1ccc(C)cc1)c1ccccc1. The largest absolute Gasteiger partial charge is 0.354 e. The van der Waals surface area contributed by atoms with Gasteiger partial charge in [-0.15, -0.1) is 0 Å². The monoisotopic (exact) mass is 374 g/mol. The molecular formula is C20H26N2O3S. The topological polar surface area (TPSA) is 75.3 Å². The molecule has 0 aliphatic rings. The Labute approximate surface area is 155 Å². The second-order valence-corrected chi connectivity index (χ2v) is 8.19. The Morgan fingerprint density at radius 3 is 2.23 bits per heavy atom. The van der Waals surface area contributed by atoms with Crippen LogP contribution in [0.15, 0.2) is 59.5 Å². The Kier molecular flexibility index (Phi) is 6.94. The molecule has 0 spiro atoms. The molecule has 5 nitrogen and oxygen atoms in total. The van der Waals surface area contributed by atoms with Crippen LogP contribution in [-0.4, -0.2) is 20.4 Å². The van der Waals surface area contributed by atoms with Crippen molar-refractivity contribution in [2.75, 3.05) is 0 Å². The Bertz CT molecular complexity index is 818. The summed E-state index contributed by atoms with van der Waals surface area (Å²) >= 11 is 0. The third-order valence-electron chi connectivity index (χ3n) is 4.24. The van der Waals surface area contributed by atoms with Crippen molar-refractivity contribution in [1.29, 1.82) is 0 Å². The Morgan fingerprint density at radius 2 is 1.65 bits per heavy atom. The van der Waals surface area contributed by atoms with Crippen LogP contribution in [0.3, 0.4) is 0 Å². The number of aryl methyl sites for hydroxylation is 1. The van der Waals surface area contributed by atoms with E-state index in [1.807, 2.05) is 51.1 Å². The minimum Gasteiger partial charge on any atom is -0.354 e. The van der Waals surface area contributed by atoms with E-state index >= 15 is 0 Å². The van der Waals surface area contributed by atoms with Crippen LogP contribution >= 0.6 is 0 Å². The van der Waals surface area contributed by atoms with E-state index in [-0.39, 0.29) is 23.3 Å². The van der Waals surface area contributed by atoms with E-state index in [4.69, 9.17) is 0 Å². The first-order chi connectivity index (χ1) is 12.3. The van der Waals surface area contributed by atoms with Crippen molar-refractivity contribution in [1.82, 2.24) is 10.0 Å². The van der Waals surface area contributed by atoms with Crippen molar-refractivity contribution in [3.63, 3.8) is 0 Å². The van der Waals surface area contributed by atoms with Crippen molar-refractivity contribution in [2.24, 2.45) is 0 Å². The highest BCUT2D eigenvalue weighted by molar-refractivity contribution is 7.89. The first kappa shape index (κ1) is 20.1. The molecule has 0 radical (unpaired) electrons. The van der Waals surface area contributed by atoms with Crippen LogP contribution in [0.5, 0.6) is 0 Å². The number of nitrogens with one attached hydrogen (secondary N) is 2. The zero-order chi connectivity index (χ0) is 19.2. The van der Waals surface area contributed by atoms with Crippen LogP contribution in [0.4, 0.5) is 0 Å². The third-order valence-corrected chi connectivity index (χ3v) is 5.73. The first-order valence-electron chi connectivity index (χ1n) is 8.75. The predicted molar refractivity (Wildman–Crippen MR) is 103 cm³/mol. The summed E-state index contributed by atoms with van der Waals surface area (Å²) in [5.41, 5.74) is 1.74. The number of benzene rings is 2. The van der Waals surface area contributed by atoms with Crippen molar-refractivity contribution < 1.29 is 13.2 Å². The van der Waals surface area contributed by atoms with Gasteiger partial charge in [0.05, 0.1) is 10.9 Å². The van der Waals surface area contributed by atoms with E-state index in [0.717, 1.165) is 17.5 Å². The van der Waals surface area contributed by atoms with Gasteiger partial charge < -0.3 is 5.32 Å². The zero-order valence-corrected chi connectivity index (χ0v) is 16.2. The molecule has 140 valence electrons. The van der Waals surface area contributed by atoms with E-state index in [0.29, 0.717) is 0 Å². The second-order valence-electron chi connectivity index (χ2n) is 6.48. The highest BCUT2D eigenvalue weighted by Gasteiger charge is 2.24. The predicted octanol–water partition coefficient (Wildman–Crippen LogP) is 3.32. The highest BCUT2D eigenvalue weighted by atomic mass is 32.2. The van der Waals surface area contributed by atoms with E-state index in [1.165, 1.54) is 0 Å². The second kappa shape index (κ2) is 8.96. The molecule has 2 rings (SSSR count). The van der Waals surface area contributed by atoms with Crippen molar-refractivity contribution in [2.45, 2.75) is 50.6 Å². The smallest absolute Gasteiger partial charge is 0.241 e. The minimum absolute atomic E-state index is 0.0411. The molecule has 0 saturated carbocycles. The van der Waals surface area contributed by atoms with Gasteiger partial charge in [0.25, 0.3) is 0 Å². The van der Waals surface area contributed by atoms with E-state index in [9.17, 15) is 13.2 Å². The van der Waals surface area contributed by atoms with Crippen LogP contribution in [0.2, 0.25) is 0 Å². The molecule has 2 atom stereocenters. The summed E-state index contributed by atoms with van der Waals surface area (Å²) < 4.78 is 28.2. The molecule has 26 heavy (non-hydrogen) atoms. The number of hydrogen-bond acceptors (Lipinski definition) is 3. The Hall–Kier alpha value is -2.18. The van der Waals surface area contributed by atoms with Crippen molar-refractivity contribution in [3.8, 4) is 0 Å². The fourth-order valence-electron chi connectivity index (χ4n) is 2.51. The lowest BCUT2D eigenvalue weighted by Crippen LogP contribution is -2.37. The van der Waals surface area contributed by atoms with Gasteiger partial charge in [-0.2, -0.15) is 0 Å². The maximum atomic E-state index is 12.7. The molecule has 1 amide bonds. The zero-order valence-electron chi connectivity index (χ0n) is 15.4. The van der Waals surface area contributed by atoms with Crippen LogP contribution in [-0.2, 0) is 14.8 Å². The molecule has 6 heteroatoms. The number of hydrogen-bond donors (Lipinski definition) is 2. The lowest BCUT2D eigenvalue weighted by molar-refractivity contribution is -0.122. The molecule has 0 aromatic heterocycles. The summed E-state index contributed by atoms with van der Waals surface area (Å²) in [6.07, 6.45) is 0.857. The fraction of sp³-hybridized carbons (Fsp3) is 0.350. The van der Waals surface area contributed by atoms with Gasteiger partial charge in [-0.1, -0.05) is 55.0 Å². The maximum Gasteiger partial charge on any atom is 0.241 e. The van der Waals surface area contributed by atoms with Gasteiger partial charge >= 0.3 is 0 Å². The number of rotatable bonds is 8. The third kappa shape index (κ3) is 5.68. The summed E-state index contributed by atoms with van der Waals surface area (Å²) in [6.45, 7) is 5.81. The van der Waals surface area contributed by atoms with E-state index in [1.54, 1.807) is 24.3 Å². The quantitative estimate of drug-likeness (QED) is 0.744. The first-order valence-corrected chi connectivity index (χ1v) is 10.2. The molecule has 2 aromatic carbocycles. The molecule has 0 heterocycles. The molecule has 0 saturated heterocycles. The normalized spacial score (nSPS) is 13.8. The number of carbonyl (C=O) groups is 1. The van der Waals surface area contributed by atoms with Crippen LogP contribution in [0.1, 0.15) is 43.9 Å². The summed E-state index contributed by atoms with van der Waals surface area (Å²) in [7, 11) is -3.73. The van der Waals surface area contributed by atoms with Gasteiger partial charge in [0.2, 0.25) is 15.9 Å².